The molecule has 1 amide bonds. The van der Waals surface area contributed by atoms with Gasteiger partial charge in [-0.25, -0.2) is 0 Å². The molecule has 3 heteroatoms. The molecule has 0 saturated carbocycles. The Labute approximate surface area is 114 Å². The average Bonchev–Trinajstić information content (AvgIpc) is 2.76. The van der Waals surface area contributed by atoms with Crippen molar-refractivity contribution in [2.45, 2.75) is 13.8 Å². The van der Waals surface area contributed by atoms with Crippen molar-refractivity contribution >= 4 is 5.91 Å². The normalized spacial score (nSPS) is 21.9. The van der Waals surface area contributed by atoms with Gasteiger partial charge in [0.25, 0.3) is 5.91 Å². The summed E-state index contributed by atoms with van der Waals surface area (Å²) in [4.78, 5) is 14.4. The van der Waals surface area contributed by atoms with E-state index in [2.05, 4.69) is 25.7 Å². The second kappa shape index (κ2) is 5.90. The summed E-state index contributed by atoms with van der Waals surface area (Å²) in [7, 11) is 0. The largest absolute Gasteiger partial charge is 0.384 e. The number of nitrogens with zero attached hydrogens (tertiary/aromatic N) is 1. The maximum Gasteiger partial charge on any atom is 0.255 e. The highest BCUT2D eigenvalue weighted by Crippen LogP contribution is 2.24. The highest BCUT2D eigenvalue weighted by Gasteiger charge is 2.30. The molecule has 2 rings (SSSR count). The van der Waals surface area contributed by atoms with E-state index in [0.717, 1.165) is 13.1 Å². The molecule has 1 saturated heterocycles. The third kappa shape index (κ3) is 2.97. The Balaban J connectivity index is 2.24. The first-order valence-corrected chi connectivity index (χ1v) is 6.61. The van der Waals surface area contributed by atoms with Crippen LogP contribution in [0, 0.1) is 23.7 Å². The van der Waals surface area contributed by atoms with E-state index >= 15 is 0 Å². The van der Waals surface area contributed by atoms with Gasteiger partial charge in [-0.3, -0.25) is 4.79 Å². The summed E-state index contributed by atoms with van der Waals surface area (Å²) in [6.45, 7) is 5.77. The van der Waals surface area contributed by atoms with Crippen molar-refractivity contribution in [3.8, 4) is 11.8 Å². The van der Waals surface area contributed by atoms with Gasteiger partial charge in [-0.1, -0.05) is 37.8 Å². The number of hydrogen-bond donors (Lipinski definition) is 1. The molecule has 0 aliphatic carbocycles. The molecule has 1 heterocycles. The van der Waals surface area contributed by atoms with Gasteiger partial charge in [0.15, 0.2) is 0 Å². The van der Waals surface area contributed by atoms with Crippen LogP contribution in [-0.4, -0.2) is 35.6 Å². The first-order chi connectivity index (χ1) is 9.13. The van der Waals surface area contributed by atoms with Crippen LogP contribution < -0.4 is 0 Å². The minimum absolute atomic E-state index is 0.0408. The zero-order valence-electron chi connectivity index (χ0n) is 11.4. The number of benzene rings is 1. The smallest absolute Gasteiger partial charge is 0.255 e. The van der Waals surface area contributed by atoms with E-state index in [0.29, 0.717) is 23.0 Å². The van der Waals surface area contributed by atoms with Crippen molar-refractivity contribution in [3.05, 3.63) is 35.4 Å². The van der Waals surface area contributed by atoms with Gasteiger partial charge in [0, 0.05) is 18.7 Å². The molecule has 1 aliphatic heterocycles. The van der Waals surface area contributed by atoms with E-state index in [9.17, 15) is 4.79 Å². The number of carbonyl (C=O) groups excluding carboxylic acids is 1. The average molecular weight is 257 g/mol. The number of aliphatic hydroxyl groups is 1. The molecule has 3 nitrogen and oxygen atoms in total. The lowest BCUT2D eigenvalue weighted by atomic mass is 10.0. The maximum absolute atomic E-state index is 12.5. The number of rotatable bonds is 1. The second-order valence-electron chi connectivity index (χ2n) is 5.17. The lowest BCUT2D eigenvalue weighted by Crippen LogP contribution is -2.29. The first-order valence-electron chi connectivity index (χ1n) is 6.61. The zero-order chi connectivity index (χ0) is 13.8. The van der Waals surface area contributed by atoms with Crippen molar-refractivity contribution in [1.29, 1.82) is 0 Å². The topological polar surface area (TPSA) is 40.5 Å². The predicted molar refractivity (Wildman–Crippen MR) is 74.6 cm³/mol. The Bertz CT molecular complexity index is 517. The van der Waals surface area contributed by atoms with Crippen LogP contribution >= 0.6 is 0 Å². The third-order valence-corrected chi connectivity index (χ3v) is 3.73. The maximum atomic E-state index is 12.5. The van der Waals surface area contributed by atoms with Crippen LogP contribution in [0.1, 0.15) is 29.8 Å². The Morgan fingerprint density at radius 3 is 2.58 bits per heavy atom. The molecule has 0 bridgehead atoms. The molecule has 2 atom stereocenters. The van der Waals surface area contributed by atoms with E-state index in [1.165, 1.54) is 0 Å². The first kappa shape index (κ1) is 13.6. The van der Waals surface area contributed by atoms with Gasteiger partial charge in [-0.15, -0.1) is 0 Å². The van der Waals surface area contributed by atoms with Crippen LogP contribution in [0.3, 0.4) is 0 Å². The van der Waals surface area contributed by atoms with Gasteiger partial charge in [0.2, 0.25) is 0 Å². The predicted octanol–water partition coefficient (Wildman–Crippen LogP) is 1.76. The number of carbonyl (C=O) groups is 1. The minimum atomic E-state index is -0.194. The zero-order valence-corrected chi connectivity index (χ0v) is 11.4. The van der Waals surface area contributed by atoms with E-state index < -0.39 is 0 Å². The molecule has 1 N–H and O–H groups in total. The van der Waals surface area contributed by atoms with Crippen molar-refractivity contribution < 1.29 is 9.90 Å². The molecule has 0 aromatic heterocycles. The minimum Gasteiger partial charge on any atom is -0.384 e. The van der Waals surface area contributed by atoms with Gasteiger partial charge >= 0.3 is 0 Å². The Hall–Kier alpha value is -1.79. The van der Waals surface area contributed by atoms with Crippen molar-refractivity contribution in [2.24, 2.45) is 11.8 Å². The lowest BCUT2D eigenvalue weighted by Gasteiger charge is -2.17. The number of amides is 1. The molecule has 0 spiro atoms. The number of likely N-dealkylation sites (tertiary alicyclic amines) is 1. The standard InChI is InChI=1S/C16H19NO2/c1-12-10-17(11-13(12)2)16(19)15-8-4-3-6-14(15)7-5-9-18/h3-4,6,8,12-13,18H,9-11H2,1-2H3. The quantitative estimate of drug-likeness (QED) is 0.779. The van der Waals surface area contributed by atoms with E-state index in [1.807, 2.05) is 23.1 Å². The van der Waals surface area contributed by atoms with Crippen LogP contribution in [0.5, 0.6) is 0 Å². The molecule has 100 valence electrons. The van der Waals surface area contributed by atoms with Gasteiger partial charge in [-0.2, -0.15) is 0 Å². The molecule has 1 aromatic carbocycles. The second-order valence-corrected chi connectivity index (χ2v) is 5.17. The van der Waals surface area contributed by atoms with E-state index in [-0.39, 0.29) is 12.5 Å². The molecule has 1 aromatic rings. The molecule has 19 heavy (non-hydrogen) atoms. The fraction of sp³-hybridized carbons (Fsp3) is 0.438. The van der Waals surface area contributed by atoms with Crippen LogP contribution in [0.2, 0.25) is 0 Å². The summed E-state index contributed by atoms with van der Waals surface area (Å²) < 4.78 is 0. The van der Waals surface area contributed by atoms with E-state index in [1.54, 1.807) is 6.07 Å². The Kier molecular flexibility index (Phi) is 4.24. The third-order valence-electron chi connectivity index (χ3n) is 3.73. The highest BCUT2D eigenvalue weighted by molar-refractivity contribution is 5.96. The summed E-state index contributed by atoms with van der Waals surface area (Å²) in [5.74, 6) is 6.57. The Morgan fingerprint density at radius 2 is 1.95 bits per heavy atom. The van der Waals surface area contributed by atoms with Gasteiger partial charge in [0.1, 0.15) is 6.61 Å². The molecule has 1 aliphatic rings. The summed E-state index contributed by atoms with van der Waals surface area (Å²) in [6.07, 6.45) is 0. The SMILES string of the molecule is CC1CN(C(=O)c2ccccc2C#CCO)CC1C. The fourth-order valence-corrected chi connectivity index (χ4v) is 2.38. The van der Waals surface area contributed by atoms with Gasteiger partial charge in [0.05, 0.1) is 5.56 Å². The fourth-order valence-electron chi connectivity index (χ4n) is 2.38. The monoisotopic (exact) mass is 257 g/mol. The van der Waals surface area contributed by atoms with Gasteiger partial charge in [-0.05, 0) is 24.0 Å². The van der Waals surface area contributed by atoms with Crippen molar-refractivity contribution in [2.75, 3.05) is 19.7 Å². The molecule has 0 radical (unpaired) electrons. The summed E-state index contributed by atoms with van der Waals surface area (Å²) in [5.41, 5.74) is 1.32. The number of hydrogen-bond acceptors (Lipinski definition) is 2. The molecular weight excluding hydrogens is 238 g/mol. The van der Waals surface area contributed by atoms with Crippen LogP contribution in [-0.2, 0) is 0 Å². The van der Waals surface area contributed by atoms with Crippen LogP contribution in [0.4, 0.5) is 0 Å². The van der Waals surface area contributed by atoms with Crippen LogP contribution in [0.15, 0.2) is 24.3 Å². The summed E-state index contributed by atoms with van der Waals surface area (Å²) in [5, 5.41) is 8.77. The Morgan fingerprint density at radius 1 is 1.32 bits per heavy atom. The molecule has 2 unspecified atom stereocenters. The van der Waals surface area contributed by atoms with Gasteiger partial charge < -0.3 is 10.0 Å². The van der Waals surface area contributed by atoms with Crippen molar-refractivity contribution in [3.63, 3.8) is 0 Å². The van der Waals surface area contributed by atoms with Crippen LogP contribution in [0.25, 0.3) is 0 Å². The summed E-state index contributed by atoms with van der Waals surface area (Å²) >= 11 is 0. The molecular formula is C16H19NO2. The molecule has 1 fully saturated rings. The summed E-state index contributed by atoms with van der Waals surface area (Å²) in [6, 6.07) is 7.32. The number of aliphatic hydroxyl groups excluding tert-OH is 1. The van der Waals surface area contributed by atoms with E-state index in [4.69, 9.17) is 5.11 Å². The lowest BCUT2D eigenvalue weighted by molar-refractivity contribution is 0.0784. The van der Waals surface area contributed by atoms with Crippen molar-refractivity contribution in [1.82, 2.24) is 4.90 Å². The highest BCUT2D eigenvalue weighted by atomic mass is 16.2.